The molecule has 12 heteroatoms. The zero-order valence-electron chi connectivity index (χ0n) is 18.1. The van der Waals surface area contributed by atoms with Crippen LogP contribution in [0.3, 0.4) is 0 Å². The molecule has 4 aromatic rings. The van der Waals surface area contributed by atoms with Crippen LogP contribution in [-0.2, 0) is 10.0 Å². The average Bonchev–Trinajstić information content (AvgIpc) is 3.22. The Hall–Kier alpha value is -2.60. The number of nitrogens with zero attached hydrogens (tertiary/aromatic N) is 4. The number of fused-ring (bicyclic) bond motifs is 1. The zero-order chi connectivity index (χ0) is 24.7. The maximum atomic E-state index is 14.1. The van der Waals surface area contributed by atoms with E-state index in [1.165, 1.54) is 4.31 Å². The Bertz CT molecular complexity index is 1520. The first kappa shape index (κ1) is 24.1. The number of hydrogen-bond donors (Lipinski definition) is 1. The largest absolute Gasteiger partial charge is 0.367 e. The van der Waals surface area contributed by atoms with E-state index < -0.39 is 26.6 Å². The fourth-order valence-corrected chi connectivity index (χ4v) is 6.24. The summed E-state index contributed by atoms with van der Waals surface area (Å²) in [5.74, 6) is -1.10. The molecule has 0 aliphatic carbocycles. The number of sulfonamides is 1. The van der Waals surface area contributed by atoms with Crippen LogP contribution in [0.15, 0.2) is 64.1 Å². The third-order valence-electron chi connectivity index (χ3n) is 5.90. The highest BCUT2D eigenvalue weighted by Crippen LogP contribution is 2.31. The van der Waals surface area contributed by atoms with Gasteiger partial charge in [0.25, 0.3) is 0 Å². The topological polar surface area (TPSA) is 79.6 Å². The normalized spacial score (nSPS) is 15.5. The van der Waals surface area contributed by atoms with Gasteiger partial charge in [-0.1, -0.05) is 29.8 Å². The van der Waals surface area contributed by atoms with Crippen LogP contribution in [0.4, 0.5) is 14.6 Å². The third-order valence-corrected chi connectivity index (χ3v) is 8.70. The van der Waals surface area contributed by atoms with Gasteiger partial charge in [0.05, 0.1) is 16.4 Å². The Labute approximate surface area is 213 Å². The molecule has 1 saturated heterocycles. The van der Waals surface area contributed by atoms with Crippen molar-refractivity contribution < 1.29 is 17.2 Å². The van der Waals surface area contributed by atoms with E-state index in [2.05, 4.69) is 31.3 Å². The number of piperidine rings is 1. The molecule has 1 aliphatic heterocycles. The van der Waals surface area contributed by atoms with E-state index in [0.717, 1.165) is 17.7 Å². The summed E-state index contributed by atoms with van der Waals surface area (Å²) < 4.78 is 57.1. The van der Waals surface area contributed by atoms with Gasteiger partial charge < -0.3 is 5.32 Å². The predicted molar refractivity (Wildman–Crippen MR) is 133 cm³/mol. The van der Waals surface area contributed by atoms with Crippen LogP contribution in [0.2, 0.25) is 5.02 Å². The Morgan fingerprint density at radius 2 is 1.83 bits per heavy atom. The fraction of sp³-hybridized carbons (Fsp3) is 0.217. The van der Waals surface area contributed by atoms with Crippen LogP contribution in [0, 0.1) is 11.6 Å². The summed E-state index contributed by atoms with van der Waals surface area (Å²) in [7, 11) is -4.15. The molecule has 2 aromatic heterocycles. The molecule has 182 valence electrons. The minimum Gasteiger partial charge on any atom is -0.367 e. The van der Waals surface area contributed by atoms with Crippen molar-refractivity contribution in [3.63, 3.8) is 0 Å². The van der Waals surface area contributed by atoms with Crippen molar-refractivity contribution in [3.8, 4) is 11.3 Å². The van der Waals surface area contributed by atoms with Gasteiger partial charge >= 0.3 is 0 Å². The standard InChI is InChI=1S/C23H19BrClF2N5O2S/c24-17-13-28-32-22(12-20(30-23(17)32)16-3-1-2-4-18(16)25)29-15-7-9-31(10-8-15)35(33,34)21-11-14(26)5-6-19(21)27/h1-6,11-13,15,29H,7-10H2. The maximum Gasteiger partial charge on any atom is 0.246 e. The lowest BCUT2D eigenvalue weighted by Crippen LogP contribution is -2.42. The molecule has 0 unspecified atom stereocenters. The van der Waals surface area contributed by atoms with Gasteiger partial charge in [0.15, 0.2) is 5.65 Å². The van der Waals surface area contributed by atoms with Gasteiger partial charge in [0.1, 0.15) is 22.3 Å². The molecular weight excluding hydrogens is 564 g/mol. The molecule has 1 fully saturated rings. The molecule has 3 heterocycles. The van der Waals surface area contributed by atoms with Crippen molar-refractivity contribution in [2.75, 3.05) is 18.4 Å². The van der Waals surface area contributed by atoms with Crippen molar-refractivity contribution in [2.24, 2.45) is 0 Å². The minimum absolute atomic E-state index is 0.0773. The van der Waals surface area contributed by atoms with Gasteiger partial charge in [-0.3, -0.25) is 0 Å². The SMILES string of the molecule is O=S(=O)(c1cc(F)ccc1F)N1CCC(Nc2cc(-c3ccccc3Cl)nc3c(Br)cnn23)CC1. The van der Waals surface area contributed by atoms with Crippen molar-refractivity contribution >= 4 is 49.0 Å². The Kier molecular flexibility index (Phi) is 6.51. The number of hydrogen-bond acceptors (Lipinski definition) is 5. The fourth-order valence-electron chi connectivity index (χ4n) is 4.11. The summed E-state index contributed by atoms with van der Waals surface area (Å²) in [5, 5.41) is 8.39. The summed E-state index contributed by atoms with van der Waals surface area (Å²) in [5.41, 5.74) is 2.03. The van der Waals surface area contributed by atoms with Gasteiger partial charge in [-0.2, -0.15) is 13.9 Å². The van der Waals surface area contributed by atoms with E-state index in [1.807, 2.05) is 24.3 Å². The summed E-state index contributed by atoms with van der Waals surface area (Å²) >= 11 is 9.87. The molecule has 0 bridgehead atoms. The van der Waals surface area contributed by atoms with E-state index >= 15 is 0 Å². The second kappa shape index (κ2) is 9.45. The lowest BCUT2D eigenvalue weighted by molar-refractivity contribution is 0.327. The molecule has 0 saturated carbocycles. The molecule has 0 spiro atoms. The Morgan fingerprint density at radius 3 is 2.57 bits per heavy atom. The number of anilines is 1. The molecule has 5 rings (SSSR count). The summed E-state index contributed by atoms with van der Waals surface area (Å²) in [4.78, 5) is 4.04. The van der Waals surface area contributed by atoms with Crippen LogP contribution in [0.5, 0.6) is 0 Å². The summed E-state index contributed by atoms with van der Waals surface area (Å²) in [6.45, 7) is 0.314. The molecule has 1 N–H and O–H groups in total. The van der Waals surface area contributed by atoms with Gasteiger partial charge in [-0.25, -0.2) is 22.2 Å². The van der Waals surface area contributed by atoms with E-state index in [-0.39, 0.29) is 19.1 Å². The first-order valence-electron chi connectivity index (χ1n) is 10.7. The van der Waals surface area contributed by atoms with Crippen LogP contribution in [0.25, 0.3) is 16.9 Å². The number of aromatic nitrogens is 3. The van der Waals surface area contributed by atoms with Crippen LogP contribution in [0.1, 0.15) is 12.8 Å². The molecule has 0 radical (unpaired) electrons. The van der Waals surface area contributed by atoms with Crippen LogP contribution in [-0.4, -0.2) is 46.5 Å². The second-order valence-corrected chi connectivity index (χ2v) is 11.3. The van der Waals surface area contributed by atoms with Crippen molar-refractivity contribution in [1.82, 2.24) is 18.9 Å². The second-order valence-electron chi connectivity index (χ2n) is 8.13. The van der Waals surface area contributed by atoms with Crippen molar-refractivity contribution in [3.05, 3.63) is 75.9 Å². The predicted octanol–water partition coefficient (Wildman–Crippen LogP) is 5.36. The molecule has 35 heavy (non-hydrogen) atoms. The highest BCUT2D eigenvalue weighted by atomic mass is 79.9. The zero-order valence-corrected chi connectivity index (χ0v) is 21.3. The van der Waals surface area contributed by atoms with Gasteiger partial charge in [0, 0.05) is 35.8 Å². The lowest BCUT2D eigenvalue weighted by atomic mass is 10.1. The molecule has 7 nitrogen and oxygen atoms in total. The van der Waals surface area contributed by atoms with E-state index in [9.17, 15) is 17.2 Å². The van der Waals surface area contributed by atoms with Crippen molar-refractivity contribution in [2.45, 2.75) is 23.8 Å². The molecular formula is C23H19BrClF2N5O2S. The molecule has 2 aromatic carbocycles. The van der Waals surface area contributed by atoms with Crippen molar-refractivity contribution in [1.29, 1.82) is 0 Å². The summed E-state index contributed by atoms with van der Waals surface area (Å²) in [6.07, 6.45) is 2.57. The molecule has 0 amide bonds. The third kappa shape index (κ3) is 4.65. The summed E-state index contributed by atoms with van der Waals surface area (Å²) in [6, 6.07) is 11.6. The Morgan fingerprint density at radius 1 is 1.09 bits per heavy atom. The Balaban J connectivity index is 1.38. The quantitative estimate of drug-likeness (QED) is 0.343. The number of rotatable bonds is 5. The lowest BCUT2D eigenvalue weighted by Gasteiger charge is -2.32. The highest BCUT2D eigenvalue weighted by molar-refractivity contribution is 9.10. The highest BCUT2D eigenvalue weighted by Gasteiger charge is 2.32. The van der Waals surface area contributed by atoms with Gasteiger partial charge in [-0.15, -0.1) is 0 Å². The minimum atomic E-state index is -4.15. The van der Waals surface area contributed by atoms with Crippen LogP contribution >= 0.6 is 27.5 Å². The molecule has 1 aliphatic rings. The number of benzene rings is 2. The van der Waals surface area contributed by atoms with E-state index in [4.69, 9.17) is 11.6 Å². The van der Waals surface area contributed by atoms with E-state index in [0.29, 0.717) is 45.6 Å². The molecule has 0 atom stereocenters. The van der Waals surface area contributed by atoms with E-state index in [1.54, 1.807) is 16.8 Å². The number of halogens is 4. The number of nitrogens with one attached hydrogen (secondary N) is 1. The van der Waals surface area contributed by atoms with Gasteiger partial charge in [-0.05, 0) is 53.0 Å². The first-order chi connectivity index (χ1) is 16.7. The maximum absolute atomic E-state index is 14.1. The average molecular weight is 583 g/mol. The smallest absolute Gasteiger partial charge is 0.246 e. The van der Waals surface area contributed by atoms with Gasteiger partial charge in [0.2, 0.25) is 10.0 Å². The monoisotopic (exact) mass is 581 g/mol. The van der Waals surface area contributed by atoms with Crippen LogP contribution < -0.4 is 5.32 Å². The first-order valence-corrected chi connectivity index (χ1v) is 13.4.